The third-order valence-corrected chi connectivity index (χ3v) is 2.75. The molecule has 0 atom stereocenters. The van der Waals surface area contributed by atoms with E-state index in [1.807, 2.05) is 39.0 Å². The van der Waals surface area contributed by atoms with Gasteiger partial charge in [-0.3, -0.25) is 4.79 Å². The summed E-state index contributed by atoms with van der Waals surface area (Å²) in [6.45, 7) is 5.84. The molecule has 90 valence electrons. The van der Waals surface area contributed by atoms with E-state index >= 15 is 0 Å². The van der Waals surface area contributed by atoms with E-state index < -0.39 is 0 Å². The lowest BCUT2D eigenvalue weighted by Crippen LogP contribution is -2.34. The van der Waals surface area contributed by atoms with Crippen LogP contribution in [0.4, 0.5) is 0 Å². The van der Waals surface area contributed by atoms with Gasteiger partial charge in [0.25, 0.3) is 5.56 Å². The summed E-state index contributed by atoms with van der Waals surface area (Å²) >= 11 is 0. The van der Waals surface area contributed by atoms with Gasteiger partial charge in [0.1, 0.15) is 0 Å². The average molecular weight is 230 g/mol. The minimum Gasteiger partial charge on any atom is -0.325 e. The van der Waals surface area contributed by atoms with Crippen LogP contribution in [0.15, 0.2) is 29.1 Å². The van der Waals surface area contributed by atoms with E-state index in [4.69, 9.17) is 5.73 Å². The van der Waals surface area contributed by atoms with Gasteiger partial charge in [0.15, 0.2) is 0 Å². The fourth-order valence-electron chi connectivity index (χ4n) is 2.00. The van der Waals surface area contributed by atoms with Gasteiger partial charge in [-0.15, -0.1) is 0 Å². The Labute approximate surface area is 101 Å². The van der Waals surface area contributed by atoms with E-state index in [9.17, 15) is 4.79 Å². The summed E-state index contributed by atoms with van der Waals surface area (Å²) in [6.07, 6.45) is 0.821. The highest BCUT2D eigenvalue weighted by molar-refractivity contribution is 5.79. The molecule has 0 unspecified atom stereocenters. The molecule has 0 aliphatic rings. The SMILES string of the molecule is Cc1cc2cc(CC(C)(C)N)ccc2[nH]c1=O. The molecular formula is C14H18N2O. The summed E-state index contributed by atoms with van der Waals surface area (Å²) in [6, 6.07) is 7.97. The number of aryl methyl sites for hydroxylation is 1. The van der Waals surface area contributed by atoms with Gasteiger partial charge in [0, 0.05) is 16.6 Å². The van der Waals surface area contributed by atoms with E-state index in [0.717, 1.165) is 22.9 Å². The molecule has 2 rings (SSSR count). The number of pyridine rings is 1. The molecule has 0 saturated heterocycles. The number of fused-ring (bicyclic) bond motifs is 1. The largest absolute Gasteiger partial charge is 0.325 e. The number of hydrogen-bond donors (Lipinski definition) is 2. The standard InChI is InChI=1S/C14H18N2O/c1-9-6-11-7-10(8-14(2,3)15)4-5-12(11)16-13(9)17/h4-7H,8,15H2,1-3H3,(H,16,17). The van der Waals surface area contributed by atoms with Crippen molar-refractivity contribution in [2.45, 2.75) is 32.7 Å². The summed E-state index contributed by atoms with van der Waals surface area (Å²) in [5, 5.41) is 1.06. The Morgan fingerprint density at radius 2 is 2.00 bits per heavy atom. The monoisotopic (exact) mass is 230 g/mol. The number of aromatic amines is 1. The Hall–Kier alpha value is -1.61. The second kappa shape index (κ2) is 4.00. The first-order valence-electron chi connectivity index (χ1n) is 5.77. The number of rotatable bonds is 2. The summed E-state index contributed by atoms with van der Waals surface area (Å²) in [7, 11) is 0. The summed E-state index contributed by atoms with van der Waals surface area (Å²) in [5.41, 5.74) is 8.57. The van der Waals surface area contributed by atoms with Gasteiger partial charge in [0.05, 0.1) is 0 Å². The molecule has 0 aliphatic heterocycles. The first kappa shape index (κ1) is 11.9. The molecule has 0 spiro atoms. The van der Waals surface area contributed by atoms with Crippen LogP contribution >= 0.6 is 0 Å². The van der Waals surface area contributed by atoms with Crippen LogP contribution in [-0.4, -0.2) is 10.5 Å². The lowest BCUT2D eigenvalue weighted by atomic mass is 9.95. The summed E-state index contributed by atoms with van der Waals surface area (Å²) < 4.78 is 0. The molecule has 2 aromatic rings. The van der Waals surface area contributed by atoms with Gasteiger partial charge in [-0.2, -0.15) is 0 Å². The highest BCUT2D eigenvalue weighted by Gasteiger charge is 2.11. The van der Waals surface area contributed by atoms with Crippen LogP contribution in [0.25, 0.3) is 10.9 Å². The zero-order chi connectivity index (χ0) is 12.6. The Balaban J connectivity index is 2.51. The molecule has 1 aromatic carbocycles. The van der Waals surface area contributed by atoms with Crippen molar-refractivity contribution in [3.8, 4) is 0 Å². The van der Waals surface area contributed by atoms with Gasteiger partial charge in [0.2, 0.25) is 0 Å². The van der Waals surface area contributed by atoms with Gasteiger partial charge in [-0.1, -0.05) is 6.07 Å². The van der Waals surface area contributed by atoms with E-state index in [1.54, 1.807) is 0 Å². The number of aromatic nitrogens is 1. The highest BCUT2D eigenvalue weighted by atomic mass is 16.1. The highest BCUT2D eigenvalue weighted by Crippen LogP contribution is 2.17. The molecule has 1 aromatic heterocycles. The number of nitrogens with two attached hydrogens (primary N) is 1. The van der Waals surface area contributed by atoms with Crippen LogP contribution in [0, 0.1) is 6.92 Å². The van der Waals surface area contributed by atoms with Crippen molar-refractivity contribution in [2.24, 2.45) is 5.73 Å². The molecule has 0 fully saturated rings. The first-order valence-corrected chi connectivity index (χ1v) is 5.77. The van der Waals surface area contributed by atoms with Gasteiger partial charge >= 0.3 is 0 Å². The maximum absolute atomic E-state index is 11.5. The predicted octanol–water partition coefficient (Wildman–Crippen LogP) is 2.12. The Morgan fingerprint density at radius 3 is 2.65 bits per heavy atom. The minimum absolute atomic E-state index is 0.0237. The van der Waals surface area contributed by atoms with Crippen LogP contribution < -0.4 is 11.3 Å². The summed E-state index contributed by atoms with van der Waals surface area (Å²) in [4.78, 5) is 14.3. The normalized spacial score (nSPS) is 12.0. The van der Waals surface area contributed by atoms with Gasteiger partial charge in [-0.05, 0) is 56.3 Å². The van der Waals surface area contributed by atoms with E-state index in [1.165, 1.54) is 5.56 Å². The molecule has 17 heavy (non-hydrogen) atoms. The van der Waals surface area contributed by atoms with Crippen LogP contribution in [0.5, 0.6) is 0 Å². The maximum Gasteiger partial charge on any atom is 0.251 e. The molecule has 3 nitrogen and oxygen atoms in total. The van der Waals surface area contributed by atoms with Crippen LogP contribution in [0.1, 0.15) is 25.0 Å². The molecule has 3 heteroatoms. The van der Waals surface area contributed by atoms with Gasteiger partial charge < -0.3 is 10.7 Å². The van der Waals surface area contributed by atoms with Crippen molar-refractivity contribution in [3.63, 3.8) is 0 Å². The zero-order valence-corrected chi connectivity index (χ0v) is 10.5. The fourth-order valence-corrected chi connectivity index (χ4v) is 2.00. The maximum atomic E-state index is 11.5. The summed E-state index contributed by atoms with van der Waals surface area (Å²) in [5.74, 6) is 0. The van der Waals surface area contributed by atoms with Crippen molar-refractivity contribution >= 4 is 10.9 Å². The molecule has 0 aliphatic carbocycles. The lowest BCUT2D eigenvalue weighted by molar-refractivity contribution is 0.517. The number of H-pyrrole nitrogens is 1. The molecule has 1 heterocycles. The Bertz CT molecular complexity index is 606. The van der Waals surface area contributed by atoms with Crippen LogP contribution in [-0.2, 0) is 6.42 Å². The van der Waals surface area contributed by atoms with Gasteiger partial charge in [-0.25, -0.2) is 0 Å². The third-order valence-electron chi connectivity index (χ3n) is 2.75. The smallest absolute Gasteiger partial charge is 0.251 e. The molecular weight excluding hydrogens is 212 g/mol. The number of benzene rings is 1. The van der Waals surface area contributed by atoms with E-state index in [-0.39, 0.29) is 11.1 Å². The zero-order valence-electron chi connectivity index (χ0n) is 10.5. The lowest BCUT2D eigenvalue weighted by Gasteiger charge is -2.18. The predicted molar refractivity (Wildman–Crippen MR) is 71.3 cm³/mol. The number of hydrogen-bond acceptors (Lipinski definition) is 2. The topological polar surface area (TPSA) is 58.9 Å². The van der Waals surface area contributed by atoms with E-state index in [0.29, 0.717) is 0 Å². The molecule has 0 amide bonds. The fraction of sp³-hybridized carbons (Fsp3) is 0.357. The third kappa shape index (κ3) is 2.74. The van der Waals surface area contributed by atoms with Crippen molar-refractivity contribution < 1.29 is 0 Å². The van der Waals surface area contributed by atoms with Crippen molar-refractivity contribution in [2.75, 3.05) is 0 Å². The van der Waals surface area contributed by atoms with Crippen LogP contribution in [0.3, 0.4) is 0 Å². The van der Waals surface area contributed by atoms with Crippen molar-refractivity contribution in [1.29, 1.82) is 0 Å². The first-order chi connectivity index (χ1) is 7.85. The Morgan fingerprint density at radius 1 is 1.29 bits per heavy atom. The van der Waals surface area contributed by atoms with Crippen LogP contribution in [0.2, 0.25) is 0 Å². The van der Waals surface area contributed by atoms with Crippen molar-refractivity contribution in [1.82, 2.24) is 4.98 Å². The molecule has 0 bridgehead atoms. The second-order valence-electron chi connectivity index (χ2n) is 5.37. The van der Waals surface area contributed by atoms with Crippen molar-refractivity contribution in [3.05, 3.63) is 45.7 Å². The molecule has 0 saturated carbocycles. The Kier molecular flexibility index (Phi) is 2.79. The average Bonchev–Trinajstić information content (AvgIpc) is 2.18. The molecule has 3 N–H and O–H groups in total. The second-order valence-corrected chi connectivity index (χ2v) is 5.37. The quantitative estimate of drug-likeness (QED) is 0.830. The van der Waals surface area contributed by atoms with E-state index in [2.05, 4.69) is 11.1 Å². The number of nitrogens with one attached hydrogen (secondary N) is 1. The molecule has 0 radical (unpaired) electrons. The minimum atomic E-state index is -0.217.